The highest BCUT2D eigenvalue weighted by Crippen LogP contribution is 2.24. The van der Waals surface area contributed by atoms with Crippen LogP contribution in [0.3, 0.4) is 0 Å². The van der Waals surface area contributed by atoms with Gasteiger partial charge in [-0.1, -0.05) is 37.5 Å². The maximum atomic E-state index is 6.13. The van der Waals surface area contributed by atoms with Crippen molar-refractivity contribution < 1.29 is 4.74 Å². The molecule has 0 atom stereocenters. The fourth-order valence-electron chi connectivity index (χ4n) is 2.50. The Morgan fingerprint density at radius 2 is 1.65 bits per heavy atom. The maximum absolute atomic E-state index is 6.13. The third-order valence-electron chi connectivity index (χ3n) is 3.54. The fourth-order valence-corrected chi connectivity index (χ4v) is 2.50. The average molecular weight is 233 g/mol. The van der Waals surface area contributed by atoms with Crippen molar-refractivity contribution in [2.75, 3.05) is 0 Å². The number of ether oxygens (including phenoxy) is 1. The number of rotatable bonds is 3. The Balaban J connectivity index is 1.97. The zero-order valence-corrected chi connectivity index (χ0v) is 10.5. The van der Waals surface area contributed by atoms with Gasteiger partial charge < -0.3 is 10.5 Å². The Morgan fingerprint density at radius 1 is 1.00 bits per heavy atom. The number of hydrogen-bond acceptors (Lipinski definition) is 2. The van der Waals surface area contributed by atoms with Gasteiger partial charge in [-0.15, -0.1) is 0 Å². The summed E-state index contributed by atoms with van der Waals surface area (Å²) in [5.41, 5.74) is 6.85. The lowest BCUT2D eigenvalue weighted by atomic mass is 9.98. The summed E-state index contributed by atoms with van der Waals surface area (Å²) in [6.45, 7) is 0.558. The molecule has 0 saturated heterocycles. The standard InChI is InChI=1S/C15H23NO/c16-12-13-8-6-7-11-15(13)17-14-9-4-2-1-3-5-10-14/h6-8,11,14H,1-5,9-10,12,16H2. The minimum Gasteiger partial charge on any atom is -0.490 e. The second-order valence-electron chi connectivity index (χ2n) is 4.90. The van der Waals surface area contributed by atoms with E-state index in [9.17, 15) is 0 Å². The van der Waals surface area contributed by atoms with Crippen molar-refractivity contribution in [3.63, 3.8) is 0 Å². The highest BCUT2D eigenvalue weighted by atomic mass is 16.5. The van der Waals surface area contributed by atoms with Crippen LogP contribution in [-0.2, 0) is 6.54 Å². The van der Waals surface area contributed by atoms with Gasteiger partial charge in [-0.05, 0) is 31.7 Å². The van der Waals surface area contributed by atoms with Gasteiger partial charge in [0.15, 0.2) is 0 Å². The Hall–Kier alpha value is -1.02. The zero-order valence-electron chi connectivity index (χ0n) is 10.5. The van der Waals surface area contributed by atoms with Gasteiger partial charge in [0.2, 0.25) is 0 Å². The van der Waals surface area contributed by atoms with Gasteiger partial charge >= 0.3 is 0 Å². The predicted molar refractivity (Wildman–Crippen MR) is 71.1 cm³/mol. The number of benzene rings is 1. The molecule has 2 N–H and O–H groups in total. The van der Waals surface area contributed by atoms with E-state index in [1.54, 1.807) is 0 Å². The fraction of sp³-hybridized carbons (Fsp3) is 0.600. The summed E-state index contributed by atoms with van der Waals surface area (Å²) < 4.78 is 6.13. The smallest absolute Gasteiger partial charge is 0.124 e. The minimum atomic E-state index is 0.392. The third-order valence-corrected chi connectivity index (χ3v) is 3.54. The molecule has 2 heteroatoms. The molecule has 1 aromatic carbocycles. The van der Waals surface area contributed by atoms with E-state index in [4.69, 9.17) is 10.5 Å². The van der Waals surface area contributed by atoms with E-state index in [-0.39, 0.29) is 0 Å². The quantitative estimate of drug-likeness (QED) is 0.865. The maximum Gasteiger partial charge on any atom is 0.124 e. The Bertz CT molecular complexity index is 329. The predicted octanol–water partition coefficient (Wildman–Crippen LogP) is 3.64. The molecule has 1 aliphatic rings. The highest BCUT2D eigenvalue weighted by molar-refractivity contribution is 5.33. The SMILES string of the molecule is NCc1ccccc1OC1CCCCCCC1. The van der Waals surface area contributed by atoms with E-state index in [1.165, 1.54) is 44.9 Å². The molecule has 2 nitrogen and oxygen atoms in total. The van der Waals surface area contributed by atoms with Gasteiger partial charge in [0.25, 0.3) is 0 Å². The van der Waals surface area contributed by atoms with E-state index in [1.807, 2.05) is 18.2 Å². The van der Waals surface area contributed by atoms with Gasteiger partial charge in [0.1, 0.15) is 5.75 Å². The first-order chi connectivity index (χ1) is 8.40. The molecule has 2 rings (SSSR count). The van der Waals surface area contributed by atoms with Crippen molar-refractivity contribution >= 4 is 0 Å². The lowest BCUT2D eigenvalue weighted by molar-refractivity contribution is 0.165. The Labute approximate surface area is 104 Å². The summed E-state index contributed by atoms with van der Waals surface area (Å²) in [5.74, 6) is 0.987. The molecular weight excluding hydrogens is 210 g/mol. The van der Waals surface area contributed by atoms with Crippen LogP contribution in [0, 0.1) is 0 Å². The first kappa shape index (κ1) is 12.4. The molecule has 0 aromatic heterocycles. The van der Waals surface area contributed by atoms with Crippen LogP contribution in [0.5, 0.6) is 5.75 Å². The van der Waals surface area contributed by atoms with Crippen LogP contribution in [-0.4, -0.2) is 6.10 Å². The summed E-state index contributed by atoms with van der Waals surface area (Å²) in [5, 5.41) is 0. The van der Waals surface area contributed by atoms with Crippen LogP contribution in [0.4, 0.5) is 0 Å². The minimum absolute atomic E-state index is 0.392. The Kier molecular flexibility index (Phi) is 4.87. The molecule has 17 heavy (non-hydrogen) atoms. The molecule has 0 radical (unpaired) electrons. The summed E-state index contributed by atoms with van der Waals surface area (Å²) >= 11 is 0. The molecular formula is C15H23NO. The van der Waals surface area contributed by atoms with E-state index in [0.29, 0.717) is 12.6 Å². The molecule has 94 valence electrons. The van der Waals surface area contributed by atoms with E-state index >= 15 is 0 Å². The number of hydrogen-bond donors (Lipinski definition) is 1. The van der Waals surface area contributed by atoms with Crippen LogP contribution < -0.4 is 10.5 Å². The molecule has 0 spiro atoms. The van der Waals surface area contributed by atoms with Crippen molar-refractivity contribution in [2.45, 2.75) is 57.6 Å². The second kappa shape index (κ2) is 6.65. The second-order valence-corrected chi connectivity index (χ2v) is 4.90. The van der Waals surface area contributed by atoms with E-state index in [0.717, 1.165) is 11.3 Å². The van der Waals surface area contributed by atoms with Gasteiger partial charge in [-0.25, -0.2) is 0 Å². The molecule has 0 amide bonds. The molecule has 1 saturated carbocycles. The molecule has 1 fully saturated rings. The van der Waals surface area contributed by atoms with Crippen molar-refractivity contribution in [2.24, 2.45) is 5.73 Å². The molecule has 0 aliphatic heterocycles. The number of para-hydroxylation sites is 1. The molecule has 0 unspecified atom stereocenters. The number of nitrogens with two attached hydrogens (primary N) is 1. The van der Waals surface area contributed by atoms with Crippen LogP contribution in [0.15, 0.2) is 24.3 Å². The van der Waals surface area contributed by atoms with E-state index < -0.39 is 0 Å². The van der Waals surface area contributed by atoms with Crippen LogP contribution in [0.1, 0.15) is 50.5 Å². The highest BCUT2D eigenvalue weighted by Gasteiger charge is 2.14. The third kappa shape index (κ3) is 3.74. The van der Waals surface area contributed by atoms with Crippen molar-refractivity contribution in [1.82, 2.24) is 0 Å². The summed E-state index contributed by atoms with van der Waals surface area (Å²) in [4.78, 5) is 0. The van der Waals surface area contributed by atoms with Gasteiger partial charge in [-0.3, -0.25) is 0 Å². The molecule has 0 bridgehead atoms. The normalized spacial score (nSPS) is 18.4. The lowest BCUT2D eigenvalue weighted by Crippen LogP contribution is -2.18. The van der Waals surface area contributed by atoms with Crippen LogP contribution >= 0.6 is 0 Å². The summed E-state index contributed by atoms with van der Waals surface area (Å²) in [6, 6.07) is 8.14. The zero-order chi connectivity index (χ0) is 11.9. The Morgan fingerprint density at radius 3 is 2.35 bits per heavy atom. The van der Waals surface area contributed by atoms with Crippen LogP contribution in [0.25, 0.3) is 0 Å². The van der Waals surface area contributed by atoms with E-state index in [2.05, 4.69) is 6.07 Å². The molecule has 0 heterocycles. The van der Waals surface area contributed by atoms with Gasteiger partial charge in [0.05, 0.1) is 6.10 Å². The largest absolute Gasteiger partial charge is 0.490 e. The molecule has 1 aromatic rings. The average Bonchev–Trinajstić information content (AvgIpc) is 2.33. The monoisotopic (exact) mass is 233 g/mol. The summed E-state index contributed by atoms with van der Waals surface area (Å²) in [7, 11) is 0. The lowest BCUT2D eigenvalue weighted by Gasteiger charge is -2.22. The van der Waals surface area contributed by atoms with Gasteiger partial charge in [-0.2, -0.15) is 0 Å². The van der Waals surface area contributed by atoms with Crippen molar-refractivity contribution in [1.29, 1.82) is 0 Å². The van der Waals surface area contributed by atoms with Crippen molar-refractivity contribution in [3.8, 4) is 5.75 Å². The topological polar surface area (TPSA) is 35.2 Å². The van der Waals surface area contributed by atoms with Crippen molar-refractivity contribution in [3.05, 3.63) is 29.8 Å². The summed E-state index contributed by atoms with van der Waals surface area (Å²) in [6.07, 6.45) is 9.49. The first-order valence-electron chi connectivity index (χ1n) is 6.85. The first-order valence-corrected chi connectivity index (χ1v) is 6.85. The molecule has 1 aliphatic carbocycles. The van der Waals surface area contributed by atoms with Crippen LogP contribution in [0.2, 0.25) is 0 Å². The van der Waals surface area contributed by atoms with Gasteiger partial charge in [0, 0.05) is 12.1 Å².